The van der Waals surface area contributed by atoms with Gasteiger partial charge in [0, 0.05) is 31.7 Å². The third kappa shape index (κ3) is 5.39. The number of benzene rings is 2. The van der Waals surface area contributed by atoms with Crippen molar-refractivity contribution in [3.63, 3.8) is 0 Å². The van der Waals surface area contributed by atoms with Crippen molar-refractivity contribution in [1.29, 1.82) is 0 Å². The smallest absolute Gasteiger partial charge is 0.290 e. The molecule has 0 radical (unpaired) electrons. The molecule has 1 fully saturated rings. The standard InChI is InChI=1S/C27H30N2O6/c1-33-20-9-11-23(34-2)21(18-20)25-24(22(30)10-8-19-6-4-3-5-7-19)26(31)27(32)29(25)13-12-28-14-16-35-17-15-28/h3-11,18,25,31H,12-17H2,1-2H3/b10-8+. The van der Waals surface area contributed by atoms with E-state index in [1.165, 1.54) is 18.1 Å². The number of ketones is 1. The van der Waals surface area contributed by atoms with Crippen LogP contribution in [0.15, 0.2) is 65.9 Å². The molecule has 1 amide bonds. The van der Waals surface area contributed by atoms with Crippen LogP contribution in [0.2, 0.25) is 0 Å². The summed E-state index contributed by atoms with van der Waals surface area (Å²) in [5.41, 5.74) is 1.43. The average molecular weight is 479 g/mol. The first-order valence-electron chi connectivity index (χ1n) is 11.6. The Morgan fingerprint density at radius 2 is 1.83 bits per heavy atom. The maximum absolute atomic E-state index is 13.4. The highest BCUT2D eigenvalue weighted by molar-refractivity contribution is 6.14. The molecule has 4 rings (SSSR count). The van der Waals surface area contributed by atoms with Gasteiger partial charge in [-0.3, -0.25) is 14.5 Å². The van der Waals surface area contributed by atoms with Crippen molar-refractivity contribution in [2.45, 2.75) is 6.04 Å². The Morgan fingerprint density at radius 3 is 2.51 bits per heavy atom. The highest BCUT2D eigenvalue weighted by Gasteiger charge is 2.44. The molecule has 2 aliphatic rings. The van der Waals surface area contributed by atoms with Crippen LogP contribution in [0.5, 0.6) is 11.5 Å². The minimum absolute atomic E-state index is 0.0238. The number of carbonyl (C=O) groups excluding carboxylic acids is 2. The van der Waals surface area contributed by atoms with Crippen LogP contribution in [0.1, 0.15) is 17.2 Å². The van der Waals surface area contributed by atoms with Crippen molar-refractivity contribution in [1.82, 2.24) is 9.80 Å². The van der Waals surface area contributed by atoms with Crippen LogP contribution in [-0.2, 0) is 14.3 Å². The lowest BCUT2D eigenvalue weighted by molar-refractivity contribution is -0.129. The predicted molar refractivity (Wildman–Crippen MR) is 131 cm³/mol. The van der Waals surface area contributed by atoms with Gasteiger partial charge in [0.15, 0.2) is 11.5 Å². The Kier molecular flexibility index (Phi) is 7.84. The lowest BCUT2D eigenvalue weighted by Gasteiger charge is -2.32. The van der Waals surface area contributed by atoms with Gasteiger partial charge in [0.2, 0.25) is 0 Å². The number of aliphatic hydroxyl groups excluding tert-OH is 1. The zero-order valence-electron chi connectivity index (χ0n) is 20.0. The molecule has 1 unspecified atom stereocenters. The van der Waals surface area contributed by atoms with E-state index in [1.807, 2.05) is 30.3 Å². The quantitative estimate of drug-likeness (QED) is 0.555. The molecular formula is C27H30N2O6. The van der Waals surface area contributed by atoms with Crippen molar-refractivity contribution in [3.8, 4) is 11.5 Å². The molecule has 0 saturated carbocycles. The molecule has 8 heteroatoms. The lowest BCUT2D eigenvalue weighted by atomic mass is 9.94. The van der Waals surface area contributed by atoms with Crippen molar-refractivity contribution < 1.29 is 28.9 Å². The minimum atomic E-state index is -0.818. The lowest BCUT2D eigenvalue weighted by Crippen LogP contribution is -2.43. The Labute approximate surface area is 205 Å². The number of carbonyl (C=O) groups is 2. The largest absolute Gasteiger partial charge is 0.503 e. The third-order valence-corrected chi connectivity index (χ3v) is 6.29. The number of hydrogen-bond acceptors (Lipinski definition) is 7. The van der Waals surface area contributed by atoms with Crippen molar-refractivity contribution >= 4 is 17.8 Å². The number of hydrogen-bond donors (Lipinski definition) is 1. The third-order valence-electron chi connectivity index (χ3n) is 6.29. The number of aliphatic hydroxyl groups is 1. The Bertz CT molecular complexity index is 1120. The summed E-state index contributed by atoms with van der Waals surface area (Å²) in [5, 5.41) is 10.9. The van der Waals surface area contributed by atoms with Gasteiger partial charge >= 0.3 is 0 Å². The van der Waals surface area contributed by atoms with Gasteiger partial charge in [-0.05, 0) is 29.8 Å². The zero-order chi connectivity index (χ0) is 24.8. The van der Waals surface area contributed by atoms with Crippen LogP contribution in [0.4, 0.5) is 0 Å². The minimum Gasteiger partial charge on any atom is -0.503 e. The van der Waals surface area contributed by atoms with E-state index >= 15 is 0 Å². The number of allylic oxidation sites excluding steroid dienone is 1. The maximum atomic E-state index is 13.4. The average Bonchev–Trinajstić information content (AvgIpc) is 3.16. The number of ether oxygens (including phenoxy) is 3. The van der Waals surface area contributed by atoms with E-state index in [1.54, 1.807) is 31.4 Å². The van der Waals surface area contributed by atoms with E-state index in [0.717, 1.165) is 18.7 Å². The molecule has 0 aliphatic carbocycles. The fourth-order valence-corrected chi connectivity index (χ4v) is 4.41. The fraction of sp³-hybridized carbons (Fsp3) is 0.333. The van der Waals surface area contributed by atoms with Crippen molar-refractivity contribution in [2.75, 3.05) is 53.6 Å². The number of morpholine rings is 1. The molecule has 2 aromatic carbocycles. The Balaban J connectivity index is 1.70. The summed E-state index contributed by atoms with van der Waals surface area (Å²) in [6.45, 7) is 3.72. The molecule has 0 aromatic heterocycles. The van der Waals surface area contributed by atoms with Crippen LogP contribution in [0.3, 0.4) is 0 Å². The summed E-state index contributed by atoms with van der Waals surface area (Å²) in [6, 6.07) is 13.8. The van der Waals surface area contributed by atoms with E-state index in [0.29, 0.717) is 43.4 Å². The predicted octanol–water partition coefficient (Wildman–Crippen LogP) is 3.01. The molecule has 1 N–H and O–H groups in total. The van der Waals surface area contributed by atoms with Gasteiger partial charge in [0.1, 0.15) is 11.5 Å². The molecule has 8 nitrogen and oxygen atoms in total. The molecule has 0 spiro atoms. The summed E-state index contributed by atoms with van der Waals surface area (Å²) in [5.74, 6) is -0.510. The van der Waals surface area contributed by atoms with Gasteiger partial charge in [-0.2, -0.15) is 0 Å². The zero-order valence-corrected chi connectivity index (χ0v) is 20.0. The van der Waals surface area contributed by atoms with Gasteiger partial charge in [-0.25, -0.2) is 0 Å². The first-order chi connectivity index (χ1) is 17.0. The second kappa shape index (κ2) is 11.2. The molecule has 0 bridgehead atoms. The van der Waals surface area contributed by atoms with Crippen LogP contribution in [0.25, 0.3) is 6.08 Å². The van der Waals surface area contributed by atoms with Gasteiger partial charge in [-0.15, -0.1) is 0 Å². The van der Waals surface area contributed by atoms with Crippen LogP contribution < -0.4 is 9.47 Å². The monoisotopic (exact) mass is 478 g/mol. The van der Waals surface area contributed by atoms with Crippen LogP contribution in [-0.4, -0.2) is 80.2 Å². The summed E-state index contributed by atoms with van der Waals surface area (Å²) in [4.78, 5) is 30.3. The molecule has 2 aromatic rings. The van der Waals surface area contributed by atoms with Gasteiger partial charge in [-0.1, -0.05) is 36.4 Å². The summed E-state index contributed by atoms with van der Waals surface area (Å²) < 4.78 is 16.4. The van der Waals surface area contributed by atoms with E-state index in [2.05, 4.69) is 4.90 Å². The summed E-state index contributed by atoms with van der Waals surface area (Å²) in [7, 11) is 3.07. The summed E-state index contributed by atoms with van der Waals surface area (Å²) >= 11 is 0. The molecule has 1 saturated heterocycles. The second-order valence-electron chi connectivity index (χ2n) is 8.33. The van der Waals surface area contributed by atoms with E-state index in [4.69, 9.17) is 14.2 Å². The van der Waals surface area contributed by atoms with Crippen molar-refractivity contribution in [3.05, 3.63) is 77.1 Å². The van der Waals surface area contributed by atoms with E-state index in [-0.39, 0.29) is 5.57 Å². The second-order valence-corrected chi connectivity index (χ2v) is 8.33. The molecule has 1 atom stereocenters. The van der Waals surface area contributed by atoms with E-state index in [9.17, 15) is 14.7 Å². The van der Waals surface area contributed by atoms with Gasteiger partial charge in [0.05, 0.1) is 39.0 Å². The van der Waals surface area contributed by atoms with Crippen molar-refractivity contribution in [2.24, 2.45) is 0 Å². The first-order valence-corrected chi connectivity index (χ1v) is 11.6. The van der Waals surface area contributed by atoms with E-state index < -0.39 is 23.5 Å². The topological polar surface area (TPSA) is 88.5 Å². The number of amides is 1. The van der Waals surface area contributed by atoms with Crippen LogP contribution in [0, 0.1) is 0 Å². The number of nitrogens with zero attached hydrogens (tertiary/aromatic N) is 2. The Hall–Kier alpha value is -3.62. The fourth-order valence-electron chi connectivity index (χ4n) is 4.41. The number of rotatable bonds is 9. The Morgan fingerprint density at radius 1 is 1.09 bits per heavy atom. The molecule has 184 valence electrons. The molecule has 2 heterocycles. The molecule has 35 heavy (non-hydrogen) atoms. The van der Waals surface area contributed by atoms with Crippen LogP contribution >= 0.6 is 0 Å². The maximum Gasteiger partial charge on any atom is 0.290 e. The van der Waals surface area contributed by atoms with Gasteiger partial charge in [0.25, 0.3) is 5.91 Å². The first kappa shape index (κ1) is 24.5. The molecule has 2 aliphatic heterocycles. The normalized spacial score (nSPS) is 19.0. The number of methoxy groups -OCH3 is 2. The summed E-state index contributed by atoms with van der Waals surface area (Å²) in [6.07, 6.45) is 3.06. The SMILES string of the molecule is COc1ccc(OC)c(C2C(C(=O)/C=C/c3ccccc3)=C(O)C(=O)N2CCN2CCOCC2)c1. The highest BCUT2D eigenvalue weighted by Crippen LogP contribution is 2.42. The molecular weight excluding hydrogens is 448 g/mol. The van der Waals surface area contributed by atoms with Gasteiger partial charge < -0.3 is 24.2 Å². The highest BCUT2D eigenvalue weighted by atomic mass is 16.5.